The first kappa shape index (κ1) is 18.0. The van der Waals surface area contributed by atoms with Crippen molar-refractivity contribution in [1.82, 2.24) is 9.47 Å². The maximum Gasteiger partial charge on any atom is 0.254 e. The van der Waals surface area contributed by atoms with E-state index in [0.717, 1.165) is 24.3 Å². The summed E-state index contributed by atoms with van der Waals surface area (Å²) < 4.78 is 2.22. The minimum absolute atomic E-state index is 0.0896. The predicted molar refractivity (Wildman–Crippen MR) is 106 cm³/mol. The summed E-state index contributed by atoms with van der Waals surface area (Å²) in [6.07, 6.45) is 2.09. The molecule has 134 valence electrons. The first-order valence-corrected chi connectivity index (χ1v) is 9.15. The molecule has 0 bridgehead atoms. The van der Waals surface area contributed by atoms with Crippen molar-refractivity contribution in [3.63, 3.8) is 0 Å². The Hall–Kier alpha value is -2.81. The molecule has 0 aliphatic heterocycles. The number of aromatic nitrogens is 1. The average Bonchev–Trinajstić information content (AvgIpc) is 3.08. The highest BCUT2D eigenvalue weighted by molar-refractivity contribution is 5.94. The summed E-state index contributed by atoms with van der Waals surface area (Å²) in [4.78, 5) is 14.9. The van der Waals surface area contributed by atoms with E-state index < -0.39 is 0 Å². The van der Waals surface area contributed by atoms with Gasteiger partial charge in [0.25, 0.3) is 5.91 Å². The molecule has 26 heavy (non-hydrogen) atoms. The molecule has 0 N–H and O–H groups in total. The van der Waals surface area contributed by atoms with Crippen molar-refractivity contribution in [1.29, 1.82) is 0 Å². The molecule has 0 radical (unpaired) electrons. The maximum atomic E-state index is 13.0. The third-order valence-electron chi connectivity index (χ3n) is 4.37. The normalized spacial score (nSPS) is 10.9. The van der Waals surface area contributed by atoms with Crippen LogP contribution in [0.2, 0.25) is 0 Å². The van der Waals surface area contributed by atoms with E-state index in [2.05, 4.69) is 61.0 Å². The molecule has 2 aromatic carbocycles. The molecule has 0 fully saturated rings. The van der Waals surface area contributed by atoms with Crippen LogP contribution in [0.5, 0.6) is 0 Å². The molecule has 0 aliphatic rings. The molecule has 1 aromatic heterocycles. The van der Waals surface area contributed by atoms with Crippen LogP contribution in [0, 0.1) is 5.92 Å². The number of rotatable bonds is 7. The lowest BCUT2D eigenvalue weighted by Crippen LogP contribution is -2.34. The van der Waals surface area contributed by atoms with Crippen LogP contribution < -0.4 is 0 Å². The Kier molecular flexibility index (Phi) is 5.90. The monoisotopic (exact) mass is 346 g/mol. The molecular weight excluding hydrogens is 320 g/mol. The van der Waals surface area contributed by atoms with Gasteiger partial charge in [0.05, 0.1) is 6.54 Å². The summed E-state index contributed by atoms with van der Waals surface area (Å²) in [5.41, 5.74) is 3.16. The molecule has 0 atom stereocenters. The van der Waals surface area contributed by atoms with Crippen molar-refractivity contribution in [2.45, 2.75) is 26.9 Å². The van der Waals surface area contributed by atoms with Crippen molar-refractivity contribution in [2.24, 2.45) is 5.92 Å². The SMILES string of the molecule is CC(C)CN(Cc1cccn1Cc1ccccc1)C(=O)c1ccccc1. The Labute approximate surface area is 155 Å². The summed E-state index contributed by atoms with van der Waals surface area (Å²) in [6.45, 7) is 6.47. The fraction of sp³-hybridized carbons (Fsp3) is 0.261. The largest absolute Gasteiger partial charge is 0.345 e. The Morgan fingerprint density at radius 2 is 1.58 bits per heavy atom. The van der Waals surface area contributed by atoms with Gasteiger partial charge in [-0.1, -0.05) is 62.4 Å². The van der Waals surface area contributed by atoms with Gasteiger partial charge in [-0.2, -0.15) is 0 Å². The summed E-state index contributed by atoms with van der Waals surface area (Å²) in [6, 6.07) is 24.1. The van der Waals surface area contributed by atoms with Crippen molar-refractivity contribution in [3.8, 4) is 0 Å². The number of nitrogens with zero attached hydrogens (tertiary/aromatic N) is 2. The van der Waals surface area contributed by atoms with Gasteiger partial charge in [0, 0.05) is 30.5 Å². The van der Waals surface area contributed by atoms with Gasteiger partial charge in [-0.05, 0) is 35.7 Å². The average molecular weight is 346 g/mol. The minimum Gasteiger partial charge on any atom is -0.345 e. The smallest absolute Gasteiger partial charge is 0.254 e. The molecule has 0 saturated heterocycles. The number of hydrogen-bond donors (Lipinski definition) is 0. The van der Waals surface area contributed by atoms with Gasteiger partial charge in [0.15, 0.2) is 0 Å². The van der Waals surface area contributed by atoms with Crippen LogP contribution in [0.1, 0.15) is 35.5 Å². The van der Waals surface area contributed by atoms with Gasteiger partial charge in [0.2, 0.25) is 0 Å². The van der Waals surface area contributed by atoms with Gasteiger partial charge < -0.3 is 9.47 Å². The number of amides is 1. The van der Waals surface area contributed by atoms with Crippen LogP contribution in [-0.2, 0) is 13.1 Å². The third-order valence-corrected chi connectivity index (χ3v) is 4.37. The van der Waals surface area contributed by atoms with E-state index in [1.807, 2.05) is 41.3 Å². The summed E-state index contributed by atoms with van der Waals surface area (Å²) in [5, 5.41) is 0. The van der Waals surface area contributed by atoms with Gasteiger partial charge in [-0.25, -0.2) is 0 Å². The molecule has 3 aromatic rings. The van der Waals surface area contributed by atoms with Crippen LogP contribution >= 0.6 is 0 Å². The van der Waals surface area contributed by atoms with Crippen molar-refractivity contribution in [2.75, 3.05) is 6.54 Å². The predicted octanol–water partition coefficient (Wildman–Crippen LogP) is 4.83. The van der Waals surface area contributed by atoms with E-state index >= 15 is 0 Å². The lowest BCUT2D eigenvalue weighted by Gasteiger charge is -2.25. The van der Waals surface area contributed by atoms with E-state index in [9.17, 15) is 4.79 Å². The first-order valence-electron chi connectivity index (χ1n) is 9.15. The van der Waals surface area contributed by atoms with Crippen molar-refractivity contribution >= 4 is 5.91 Å². The van der Waals surface area contributed by atoms with E-state index in [4.69, 9.17) is 0 Å². The quantitative estimate of drug-likeness (QED) is 0.601. The molecule has 0 spiro atoms. The third kappa shape index (κ3) is 4.63. The van der Waals surface area contributed by atoms with Crippen molar-refractivity contribution in [3.05, 3.63) is 95.8 Å². The zero-order chi connectivity index (χ0) is 18.4. The number of hydrogen-bond acceptors (Lipinski definition) is 1. The lowest BCUT2D eigenvalue weighted by atomic mass is 10.1. The molecule has 0 saturated carbocycles. The van der Waals surface area contributed by atoms with Crippen LogP contribution in [0.25, 0.3) is 0 Å². The van der Waals surface area contributed by atoms with E-state index in [1.54, 1.807) is 0 Å². The molecule has 0 unspecified atom stereocenters. The van der Waals surface area contributed by atoms with Crippen LogP contribution in [0.15, 0.2) is 79.0 Å². The van der Waals surface area contributed by atoms with E-state index in [0.29, 0.717) is 12.5 Å². The highest BCUT2D eigenvalue weighted by Crippen LogP contribution is 2.15. The zero-order valence-electron chi connectivity index (χ0n) is 15.5. The Balaban J connectivity index is 1.79. The Morgan fingerprint density at radius 1 is 0.923 bits per heavy atom. The number of carbonyl (C=O) groups excluding carboxylic acids is 1. The molecular formula is C23H26N2O. The first-order chi connectivity index (χ1) is 12.6. The molecule has 3 heteroatoms. The Morgan fingerprint density at radius 3 is 2.23 bits per heavy atom. The minimum atomic E-state index is 0.0896. The number of carbonyl (C=O) groups is 1. The molecule has 3 rings (SSSR count). The van der Waals surface area contributed by atoms with Gasteiger partial charge in [0.1, 0.15) is 0 Å². The second-order valence-electron chi connectivity index (χ2n) is 7.06. The summed E-state index contributed by atoms with van der Waals surface area (Å²) >= 11 is 0. The maximum absolute atomic E-state index is 13.0. The fourth-order valence-corrected chi connectivity index (χ4v) is 3.15. The summed E-state index contributed by atoms with van der Waals surface area (Å²) in [7, 11) is 0. The summed E-state index contributed by atoms with van der Waals surface area (Å²) in [5.74, 6) is 0.506. The zero-order valence-corrected chi connectivity index (χ0v) is 15.5. The standard InChI is InChI=1S/C23H26N2O/c1-19(2)16-25(23(26)21-12-7-4-8-13-21)18-22-14-9-15-24(22)17-20-10-5-3-6-11-20/h3-15,19H,16-18H2,1-2H3. The Bertz CT molecular complexity index is 822. The second-order valence-corrected chi connectivity index (χ2v) is 7.06. The molecule has 3 nitrogen and oxygen atoms in total. The topological polar surface area (TPSA) is 25.2 Å². The molecule has 0 aliphatic carbocycles. The van der Waals surface area contributed by atoms with Crippen LogP contribution in [0.3, 0.4) is 0 Å². The highest BCUT2D eigenvalue weighted by Gasteiger charge is 2.18. The van der Waals surface area contributed by atoms with Crippen LogP contribution in [-0.4, -0.2) is 21.9 Å². The molecule has 1 heterocycles. The van der Waals surface area contributed by atoms with Gasteiger partial charge >= 0.3 is 0 Å². The van der Waals surface area contributed by atoms with Crippen LogP contribution in [0.4, 0.5) is 0 Å². The van der Waals surface area contributed by atoms with E-state index in [-0.39, 0.29) is 5.91 Å². The van der Waals surface area contributed by atoms with Gasteiger partial charge in [-0.15, -0.1) is 0 Å². The fourth-order valence-electron chi connectivity index (χ4n) is 3.15. The lowest BCUT2D eigenvalue weighted by molar-refractivity contribution is 0.0719. The van der Waals surface area contributed by atoms with E-state index in [1.165, 1.54) is 5.56 Å². The number of benzene rings is 2. The highest BCUT2D eigenvalue weighted by atomic mass is 16.2. The second kappa shape index (κ2) is 8.52. The molecule has 1 amide bonds. The van der Waals surface area contributed by atoms with Crippen molar-refractivity contribution < 1.29 is 4.79 Å². The van der Waals surface area contributed by atoms with Gasteiger partial charge in [-0.3, -0.25) is 4.79 Å².